The predicted octanol–water partition coefficient (Wildman–Crippen LogP) is 2.27. The van der Waals surface area contributed by atoms with Gasteiger partial charge in [-0.05, 0) is 36.4 Å². The zero-order valence-corrected chi connectivity index (χ0v) is 9.87. The van der Waals surface area contributed by atoms with Crippen LogP contribution >= 0.6 is 0 Å². The number of rotatable bonds is 6. The number of carbonyl (C=O) groups excluding carboxylic acids is 1. The second-order valence-corrected chi connectivity index (χ2v) is 3.71. The minimum atomic E-state index is 0.581. The van der Waals surface area contributed by atoms with Crippen molar-refractivity contribution in [2.24, 2.45) is 0 Å². The van der Waals surface area contributed by atoms with Gasteiger partial charge in [0.05, 0.1) is 6.61 Å². The summed E-state index contributed by atoms with van der Waals surface area (Å²) in [6.07, 6.45) is 3.20. The highest BCUT2D eigenvalue weighted by Gasteiger charge is 1.96. The summed E-state index contributed by atoms with van der Waals surface area (Å²) < 4.78 is 5.59. The third kappa shape index (κ3) is 3.59. The molecular weight excluding hydrogens is 228 g/mol. The van der Waals surface area contributed by atoms with E-state index in [-0.39, 0.29) is 0 Å². The highest BCUT2D eigenvalue weighted by molar-refractivity contribution is 5.71. The smallest absolute Gasteiger partial charge is 0.211 e. The van der Waals surface area contributed by atoms with Gasteiger partial charge in [-0.15, -0.1) is 0 Å². The highest BCUT2D eigenvalue weighted by atomic mass is 16.5. The lowest BCUT2D eigenvalue weighted by molar-refractivity contribution is -0.105. The average Bonchev–Trinajstić information content (AvgIpc) is 2.42. The van der Waals surface area contributed by atoms with Crippen molar-refractivity contribution in [3.8, 4) is 5.75 Å². The van der Waals surface area contributed by atoms with Gasteiger partial charge >= 0.3 is 0 Å². The Kier molecular flexibility index (Phi) is 4.30. The molecule has 0 bridgehead atoms. The van der Waals surface area contributed by atoms with Crippen molar-refractivity contribution in [1.29, 1.82) is 0 Å². The van der Waals surface area contributed by atoms with Crippen LogP contribution in [0, 0.1) is 0 Å². The molecule has 0 atom stereocenters. The number of pyridine rings is 1. The number of nitrogens with zero attached hydrogens (tertiary/aromatic N) is 1. The summed E-state index contributed by atoms with van der Waals surface area (Å²) in [6.45, 7) is 0.581. The predicted molar refractivity (Wildman–Crippen MR) is 69.6 cm³/mol. The molecule has 0 fully saturated rings. The van der Waals surface area contributed by atoms with E-state index in [1.54, 1.807) is 18.3 Å². The molecule has 92 valence electrons. The van der Waals surface area contributed by atoms with E-state index < -0.39 is 0 Å². The summed E-state index contributed by atoms with van der Waals surface area (Å²) >= 11 is 0. The lowest BCUT2D eigenvalue weighted by Crippen LogP contribution is -2.02. The van der Waals surface area contributed by atoms with Crippen LogP contribution < -0.4 is 10.1 Å². The zero-order chi connectivity index (χ0) is 12.6. The van der Waals surface area contributed by atoms with Crippen LogP contribution in [-0.4, -0.2) is 18.0 Å². The molecular formula is C14H14N2O2. The summed E-state index contributed by atoms with van der Waals surface area (Å²) in [5.74, 6) is 0.780. The van der Waals surface area contributed by atoms with Crippen LogP contribution in [-0.2, 0) is 11.2 Å². The molecule has 18 heavy (non-hydrogen) atoms. The van der Waals surface area contributed by atoms with Gasteiger partial charge in [0.2, 0.25) is 6.41 Å². The number of benzene rings is 1. The first-order valence-corrected chi connectivity index (χ1v) is 5.71. The molecule has 0 radical (unpaired) electrons. The molecule has 0 aliphatic rings. The van der Waals surface area contributed by atoms with Gasteiger partial charge in [0.25, 0.3) is 0 Å². The maximum atomic E-state index is 10.2. The van der Waals surface area contributed by atoms with Crippen molar-refractivity contribution < 1.29 is 9.53 Å². The average molecular weight is 242 g/mol. The number of anilines is 1. The molecule has 1 aromatic heterocycles. The second-order valence-electron chi connectivity index (χ2n) is 3.71. The van der Waals surface area contributed by atoms with E-state index in [9.17, 15) is 4.79 Å². The fourth-order valence-corrected chi connectivity index (χ4v) is 1.53. The molecule has 1 N–H and O–H groups in total. The van der Waals surface area contributed by atoms with Gasteiger partial charge in [-0.1, -0.05) is 6.07 Å². The Hall–Kier alpha value is -2.36. The van der Waals surface area contributed by atoms with Gasteiger partial charge in [-0.2, -0.15) is 0 Å². The minimum Gasteiger partial charge on any atom is -0.493 e. The first-order chi connectivity index (χ1) is 8.88. The molecule has 2 rings (SSSR count). The Morgan fingerprint density at radius 1 is 1.17 bits per heavy atom. The molecule has 1 amide bonds. The fraction of sp³-hybridized carbons (Fsp3) is 0.143. The monoisotopic (exact) mass is 242 g/mol. The van der Waals surface area contributed by atoms with Gasteiger partial charge in [-0.25, -0.2) is 0 Å². The van der Waals surface area contributed by atoms with Crippen LogP contribution in [0.5, 0.6) is 5.75 Å². The van der Waals surface area contributed by atoms with E-state index in [2.05, 4.69) is 10.3 Å². The Bertz CT molecular complexity index is 483. The van der Waals surface area contributed by atoms with E-state index in [0.29, 0.717) is 13.0 Å². The summed E-state index contributed by atoms with van der Waals surface area (Å²) in [4.78, 5) is 14.5. The van der Waals surface area contributed by atoms with Crippen LogP contribution in [0.4, 0.5) is 5.69 Å². The van der Waals surface area contributed by atoms with Gasteiger partial charge in [0, 0.05) is 24.0 Å². The molecule has 1 aromatic carbocycles. The summed E-state index contributed by atoms with van der Waals surface area (Å²) in [6, 6.07) is 13.1. The third-order valence-corrected chi connectivity index (χ3v) is 2.43. The van der Waals surface area contributed by atoms with Crippen molar-refractivity contribution >= 4 is 12.1 Å². The van der Waals surface area contributed by atoms with Crippen LogP contribution in [0.15, 0.2) is 48.7 Å². The number of nitrogens with one attached hydrogen (secondary N) is 1. The third-order valence-electron chi connectivity index (χ3n) is 2.43. The molecule has 0 unspecified atom stereocenters. The first-order valence-electron chi connectivity index (χ1n) is 5.71. The molecule has 0 aliphatic carbocycles. The van der Waals surface area contributed by atoms with Crippen molar-refractivity contribution in [1.82, 2.24) is 4.98 Å². The van der Waals surface area contributed by atoms with Crippen molar-refractivity contribution in [3.05, 3.63) is 54.4 Å². The zero-order valence-electron chi connectivity index (χ0n) is 9.87. The number of hydrogen-bond donors (Lipinski definition) is 1. The quantitative estimate of drug-likeness (QED) is 0.790. The number of aromatic nitrogens is 1. The number of carbonyl (C=O) groups is 1. The molecule has 0 aliphatic heterocycles. The lowest BCUT2D eigenvalue weighted by Gasteiger charge is -2.06. The maximum Gasteiger partial charge on any atom is 0.211 e. The van der Waals surface area contributed by atoms with E-state index in [1.165, 1.54) is 0 Å². The van der Waals surface area contributed by atoms with E-state index in [0.717, 1.165) is 23.6 Å². The standard InChI is InChI=1S/C14H14N2O2/c17-11-16-13-4-6-14(7-5-13)18-10-8-12-3-1-2-9-15-12/h1-7,9,11H,8,10H2,(H,16,17). The minimum absolute atomic E-state index is 0.581. The first kappa shape index (κ1) is 12.1. The van der Waals surface area contributed by atoms with E-state index >= 15 is 0 Å². The molecule has 0 saturated heterocycles. The van der Waals surface area contributed by atoms with Crippen molar-refractivity contribution in [2.75, 3.05) is 11.9 Å². The Labute approximate surface area is 106 Å². The highest BCUT2D eigenvalue weighted by Crippen LogP contribution is 2.15. The fourth-order valence-electron chi connectivity index (χ4n) is 1.53. The van der Waals surface area contributed by atoms with Gasteiger partial charge in [0.15, 0.2) is 0 Å². The molecule has 0 spiro atoms. The van der Waals surface area contributed by atoms with Gasteiger partial charge in [0.1, 0.15) is 5.75 Å². The molecule has 1 heterocycles. The molecule has 4 nitrogen and oxygen atoms in total. The van der Waals surface area contributed by atoms with Gasteiger partial charge in [-0.3, -0.25) is 9.78 Å². The molecule has 4 heteroatoms. The van der Waals surface area contributed by atoms with Crippen LogP contribution in [0.3, 0.4) is 0 Å². The van der Waals surface area contributed by atoms with Gasteiger partial charge < -0.3 is 10.1 Å². The van der Waals surface area contributed by atoms with Crippen LogP contribution in [0.1, 0.15) is 5.69 Å². The van der Waals surface area contributed by atoms with Crippen LogP contribution in [0.25, 0.3) is 0 Å². The lowest BCUT2D eigenvalue weighted by atomic mass is 10.3. The summed E-state index contributed by atoms with van der Waals surface area (Å²) in [5, 5.41) is 2.57. The summed E-state index contributed by atoms with van der Waals surface area (Å²) in [7, 11) is 0. The molecule has 2 aromatic rings. The van der Waals surface area contributed by atoms with Crippen LogP contribution in [0.2, 0.25) is 0 Å². The largest absolute Gasteiger partial charge is 0.493 e. The second kappa shape index (κ2) is 6.39. The maximum absolute atomic E-state index is 10.2. The number of amides is 1. The number of hydrogen-bond acceptors (Lipinski definition) is 3. The Morgan fingerprint density at radius 3 is 2.67 bits per heavy atom. The Balaban J connectivity index is 1.81. The van der Waals surface area contributed by atoms with Crippen molar-refractivity contribution in [3.63, 3.8) is 0 Å². The van der Waals surface area contributed by atoms with E-state index in [1.807, 2.05) is 30.3 Å². The SMILES string of the molecule is O=CNc1ccc(OCCc2ccccn2)cc1. The summed E-state index contributed by atoms with van der Waals surface area (Å²) in [5.41, 5.74) is 1.76. The van der Waals surface area contributed by atoms with Crippen molar-refractivity contribution in [2.45, 2.75) is 6.42 Å². The Morgan fingerprint density at radius 2 is 2.00 bits per heavy atom. The topological polar surface area (TPSA) is 51.2 Å². The normalized spacial score (nSPS) is 9.78. The van der Waals surface area contributed by atoms with E-state index in [4.69, 9.17) is 4.74 Å². The molecule has 0 saturated carbocycles. The number of ether oxygens (including phenoxy) is 1.